The highest BCUT2D eigenvalue weighted by Crippen LogP contribution is 2.13. The van der Waals surface area contributed by atoms with Gasteiger partial charge in [0.2, 0.25) is 0 Å². The molecule has 0 N–H and O–H groups in total. The molecule has 0 saturated carbocycles. The maximum atomic E-state index is 5.66. The zero-order valence-corrected chi connectivity index (χ0v) is 18.2. The van der Waals surface area contributed by atoms with E-state index in [0.717, 1.165) is 30.1 Å². The molecule has 0 saturated heterocycles. The van der Waals surface area contributed by atoms with E-state index in [1.165, 1.54) is 16.7 Å². The molecular formula is C28H29NO2. The molecule has 0 spiro atoms. The van der Waals surface area contributed by atoms with Crippen LogP contribution < -0.4 is 9.47 Å². The van der Waals surface area contributed by atoms with Gasteiger partial charge in [0.15, 0.2) is 0 Å². The number of pyridine rings is 1. The van der Waals surface area contributed by atoms with Gasteiger partial charge in [-0.25, -0.2) is 0 Å². The van der Waals surface area contributed by atoms with Crippen molar-refractivity contribution in [3.8, 4) is 11.5 Å². The third-order valence-corrected chi connectivity index (χ3v) is 4.70. The Kier molecular flexibility index (Phi) is 8.69. The number of aryl methyl sites for hydroxylation is 2. The number of rotatable bonds is 7. The molecule has 3 nitrogen and oxygen atoms in total. The van der Waals surface area contributed by atoms with Crippen LogP contribution in [0.3, 0.4) is 0 Å². The Morgan fingerprint density at radius 3 is 1.71 bits per heavy atom. The molecule has 0 amide bonds. The first kappa shape index (κ1) is 22.1. The predicted octanol–water partition coefficient (Wildman–Crippen LogP) is 6.59. The number of benzene rings is 3. The minimum absolute atomic E-state index is 0.589. The van der Waals surface area contributed by atoms with Crippen LogP contribution in [0.25, 0.3) is 0 Å². The fraction of sp³-hybridized carbons (Fsp3) is 0.179. The van der Waals surface area contributed by atoms with E-state index in [0.29, 0.717) is 6.61 Å². The first-order valence-corrected chi connectivity index (χ1v) is 10.5. The van der Waals surface area contributed by atoms with Gasteiger partial charge < -0.3 is 9.47 Å². The monoisotopic (exact) mass is 411 g/mol. The summed E-state index contributed by atoms with van der Waals surface area (Å²) in [6.07, 6.45) is 4.50. The molecule has 3 aromatic carbocycles. The smallest absolute Gasteiger partial charge is 0.119 e. The molecule has 4 rings (SSSR count). The van der Waals surface area contributed by atoms with Gasteiger partial charge in [-0.15, -0.1) is 0 Å². The highest BCUT2D eigenvalue weighted by Gasteiger charge is 1.95. The normalized spacial score (nSPS) is 10.0. The Bertz CT molecular complexity index is 998. The molecule has 31 heavy (non-hydrogen) atoms. The minimum Gasteiger partial charge on any atom is -0.493 e. The second-order valence-electron chi connectivity index (χ2n) is 7.35. The largest absolute Gasteiger partial charge is 0.493 e. The van der Waals surface area contributed by atoms with Gasteiger partial charge in [-0.1, -0.05) is 65.7 Å². The molecule has 1 aromatic heterocycles. The van der Waals surface area contributed by atoms with Gasteiger partial charge in [-0.3, -0.25) is 4.98 Å². The second-order valence-corrected chi connectivity index (χ2v) is 7.35. The molecule has 0 bridgehead atoms. The van der Waals surface area contributed by atoms with Crippen molar-refractivity contribution < 1.29 is 9.47 Å². The summed E-state index contributed by atoms with van der Waals surface area (Å²) in [6.45, 7) is 5.46. The van der Waals surface area contributed by atoms with E-state index in [-0.39, 0.29) is 0 Å². The summed E-state index contributed by atoms with van der Waals surface area (Å²) >= 11 is 0. The SMILES string of the molecule is Cc1ccc(OCCc2ccccc2)cc1.Cc1ccc(OCc2ccncc2)cc1. The first-order chi connectivity index (χ1) is 15.2. The van der Waals surface area contributed by atoms with Gasteiger partial charge >= 0.3 is 0 Å². The lowest BCUT2D eigenvalue weighted by Gasteiger charge is -2.06. The van der Waals surface area contributed by atoms with Crippen LogP contribution in [0, 0.1) is 13.8 Å². The lowest BCUT2D eigenvalue weighted by Crippen LogP contribution is -2.00. The van der Waals surface area contributed by atoms with Crippen LogP contribution >= 0.6 is 0 Å². The van der Waals surface area contributed by atoms with Crippen LogP contribution in [-0.2, 0) is 13.0 Å². The van der Waals surface area contributed by atoms with E-state index in [1.807, 2.05) is 54.6 Å². The number of aromatic nitrogens is 1. The molecule has 3 heteroatoms. The van der Waals surface area contributed by atoms with Crippen molar-refractivity contribution >= 4 is 0 Å². The number of nitrogens with zero attached hydrogens (tertiary/aromatic N) is 1. The van der Waals surface area contributed by atoms with E-state index in [9.17, 15) is 0 Å². The Morgan fingerprint density at radius 2 is 1.13 bits per heavy atom. The van der Waals surface area contributed by atoms with E-state index in [1.54, 1.807) is 12.4 Å². The van der Waals surface area contributed by atoms with Crippen molar-refractivity contribution in [2.75, 3.05) is 6.61 Å². The molecule has 4 aromatic rings. The topological polar surface area (TPSA) is 31.4 Å². The summed E-state index contributed by atoms with van der Waals surface area (Å²) in [6, 6.07) is 30.5. The Balaban J connectivity index is 0.000000176. The van der Waals surface area contributed by atoms with Crippen LogP contribution in [0.1, 0.15) is 22.3 Å². The Morgan fingerprint density at radius 1 is 0.581 bits per heavy atom. The number of hydrogen-bond donors (Lipinski definition) is 0. The van der Waals surface area contributed by atoms with Crippen molar-refractivity contribution in [2.24, 2.45) is 0 Å². The molecule has 0 fully saturated rings. The lowest BCUT2D eigenvalue weighted by atomic mass is 10.2. The van der Waals surface area contributed by atoms with E-state index >= 15 is 0 Å². The highest BCUT2D eigenvalue weighted by atomic mass is 16.5. The maximum absolute atomic E-state index is 5.66. The van der Waals surface area contributed by atoms with Crippen molar-refractivity contribution in [3.05, 3.63) is 126 Å². The lowest BCUT2D eigenvalue weighted by molar-refractivity contribution is 0.306. The van der Waals surface area contributed by atoms with E-state index in [4.69, 9.17) is 9.47 Å². The zero-order chi connectivity index (χ0) is 21.7. The summed E-state index contributed by atoms with van der Waals surface area (Å²) in [4.78, 5) is 3.96. The second kappa shape index (κ2) is 12.2. The average Bonchev–Trinajstić information content (AvgIpc) is 2.82. The number of ether oxygens (including phenoxy) is 2. The summed E-state index contributed by atoms with van der Waals surface area (Å²) < 4.78 is 11.3. The molecule has 0 atom stereocenters. The molecule has 0 aliphatic heterocycles. The summed E-state index contributed by atoms with van der Waals surface area (Å²) in [7, 11) is 0. The fourth-order valence-electron chi connectivity index (χ4n) is 2.85. The third kappa shape index (κ3) is 8.35. The van der Waals surface area contributed by atoms with Gasteiger partial charge in [0.25, 0.3) is 0 Å². The number of hydrogen-bond acceptors (Lipinski definition) is 3. The van der Waals surface area contributed by atoms with Crippen LogP contribution in [0.5, 0.6) is 11.5 Å². The van der Waals surface area contributed by atoms with E-state index < -0.39 is 0 Å². The Hall–Kier alpha value is -3.59. The standard InChI is InChI=1S/C15H16O.C13H13NO/c1-13-7-9-15(10-8-13)16-12-11-14-5-3-2-4-6-14;1-11-2-4-13(5-3-11)15-10-12-6-8-14-9-7-12/h2-10H,11-12H2,1H3;2-9H,10H2,1H3. The molecule has 0 radical (unpaired) electrons. The van der Waals surface area contributed by atoms with Gasteiger partial charge in [0, 0.05) is 18.8 Å². The van der Waals surface area contributed by atoms with Gasteiger partial charge in [0.1, 0.15) is 18.1 Å². The molecule has 0 unspecified atom stereocenters. The summed E-state index contributed by atoms with van der Waals surface area (Å²) in [5, 5.41) is 0. The van der Waals surface area contributed by atoms with Crippen LogP contribution in [0.15, 0.2) is 103 Å². The maximum Gasteiger partial charge on any atom is 0.119 e. The minimum atomic E-state index is 0.589. The van der Waals surface area contributed by atoms with Gasteiger partial charge in [-0.2, -0.15) is 0 Å². The average molecular weight is 412 g/mol. The van der Waals surface area contributed by atoms with Crippen LogP contribution in [-0.4, -0.2) is 11.6 Å². The van der Waals surface area contributed by atoms with Crippen LogP contribution in [0.2, 0.25) is 0 Å². The molecule has 0 aliphatic carbocycles. The van der Waals surface area contributed by atoms with Gasteiger partial charge in [0.05, 0.1) is 6.61 Å². The molecule has 1 heterocycles. The van der Waals surface area contributed by atoms with Crippen molar-refractivity contribution in [1.29, 1.82) is 0 Å². The zero-order valence-electron chi connectivity index (χ0n) is 18.2. The van der Waals surface area contributed by atoms with Gasteiger partial charge in [-0.05, 0) is 61.4 Å². The van der Waals surface area contributed by atoms with E-state index in [2.05, 4.69) is 55.2 Å². The van der Waals surface area contributed by atoms with Crippen molar-refractivity contribution in [3.63, 3.8) is 0 Å². The third-order valence-electron chi connectivity index (χ3n) is 4.70. The Labute approximate surface area is 185 Å². The summed E-state index contributed by atoms with van der Waals surface area (Å²) in [5.74, 6) is 1.85. The fourth-order valence-corrected chi connectivity index (χ4v) is 2.85. The molecule has 158 valence electrons. The van der Waals surface area contributed by atoms with Crippen molar-refractivity contribution in [2.45, 2.75) is 26.9 Å². The quantitative estimate of drug-likeness (QED) is 0.344. The predicted molar refractivity (Wildman–Crippen MR) is 127 cm³/mol. The van der Waals surface area contributed by atoms with Crippen molar-refractivity contribution in [1.82, 2.24) is 4.98 Å². The first-order valence-electron chi connectivity index (χ1n) is 10.5. The molecular weight excluding hydrogens is 382 g/mol. The summed E-state index contributed by atoms with van der Waals surface area (Å²) in [5.41, 5.74) is 4.95. The van der Waals surface area contributed by atoms with Crippen LogP contribution in [0.4, 0.5) is 0 Å². The highest BCUT2D eigenvalue weighted by molar-refractivity contribution is 5.27. The molecule has 0 aliphatic rings.